The van der Waals surface area contributed by atoms with E-state index in [1.165, 1.54) is 41.9 Å². The molecule has 2 atom stereocenters. The second-order valence-electron chi connectivity index (χ2n) is 10.9. The summed E-state index contributed by atoms with van der Waals surface area (Å²) in [6.45, 7) is 2.53. The molecule has 12 nitrogen and oxygen atoms in total. The van der Waals surface area contributed by atoms with Crippen LogP contribution in [0, 0.1) is 6.92 Å². The van der Waals surface area contributed by atoms with Crippen LogP contribution in [0.2, 0.25) is 0 Å². The number of aryl methyl sites for hydroxylation is 1. The number of Topliss-reactive ketones (excluding diaryl/α,β-unsaturated/α-hetero) is 1. The number of fused-ring (bicyclic) bond motifs is 2. The molecule has 0 saturated carbocycles. The summed E-state index contributed by atoms with van der Waals surface area (Å²) in [5.41, 5.74) is 2.48. The number of halogens is 1. The summed E-state index contributed by atoms with van der Waals surface area (Å²) in [7, 11) is -4.46. The lowest BCUT2D eigenvalue weighted by Gasteiger charge is -2.24. The van der Waals surface area contributed by atoms with E-state index in [4.69, 9.17) is 0 Å². The Labute approximate surface area is 256 Å². The van der Waals surface area contributed by atoms with E-state index in [0.29, 0.717) is 27.8 Å². The number of alkyl halides is 1. The van der Waals surface area contributed by atoms with E-state index in [1.54, 1.807) is 43.6 Å². The smallest absolute Gasteiger partial charge is 0.295 e. The molecule has 0 aliphatic carbocycles. The first-order chi connectivity index (χ1) is 21.4. The Kier molecular flexibility index (Phi) is 7.62. The van der Waals surface area contributed by atoms with Crippen LogP contribution in [0.15, 0.2) is 71.9 Å². The van der Waals surface area contributed by atoms with Crippen LogP contribution in [0.1, 0.15) is 29.7 Å². The third-order valence-corrected chi connectivity index (χ3v) is 8.65. The Morgan fingerprint density at radius 1 is 1.02 bits per heavy atom. The predicted molar refractivity (Wildman–Crippen MR) is 163 cm³/mol. The van der Waals surface area contributed by atoms with Crippen LogP contribution in [-0.4, -0.2) is 74.0 Å². The lowest BCUT2D eigenvalue weighted by Crippen LogP contribution is -2.44. The molecule has 2 amide bonds. The third kappa shape index (κ3) is 5.89. The van der Waals surface area contributed by atoms with Crippen LogP contribution in [0.4, 0.5) is 10.1 Å². The zero-order valence-corrected chi connectivity index (χ0v) is 25.0. The molecule has 2 aromatic heterocycles. The summed E-state index contributed by atoms with van der Waals surface area (Å²) >= 11 is 0. The molecule has 2 N–H and O–H groups in total. The fourth-order valence-corrected chi connectivity index (χ4v) is 6.31. The maximum absolute atomic E-state index is 14.6. The van der Waals surface area contributed by atoms with Crippen molar-refractivity contribution < 1.29 is 31.7 Å². The molecule has 0 bridgehead atoms. The Balaban J connectivity index is 1.24. The van der Waals surface area contributed by atoms with Gasteiger partial charge in [0.25, 0.3) is 10.1 Å². The molecular formula is C31H27FN6O6S. The number of carbonyl (C=O) groups is 3. The fraction of sp³-hybridized carbons (Fsp3) is 0.226. The number of nitrogens with zero attached hydrogens (tertiary/aromatic N) is 5. The highest BCUT2D eigenvalue weighted by molar-refractivity contribution is 7.86. The molecule has 1 aliphatic heterocycles. The quantitative estimate of drug-likeness (QED) is 0.200. The third-order valence-electron chi connectivity index (χ3n) is 7.74. The molecule has 230 valence electrons. The van der Waals surface area contributed by atoms with E-state index in [1.807, 2.05) is 0 Å². The standard InChI is InChI=1S/C31H27FN6O6S/c1-17(39)30-25-11-19(21-13-33-18(2)34-14-21)6-9-26(25)38(36-30)16-29(40)37-15-22(32)12-27(37)31(41)35-23-7-8-24-20(10-23)4-3-5-28(24)45(42,43)44/h3-11,13-14,22,27H,12,15-16H2,1-2H3,(H,35,41)(H,42,43,44)/t22-,27+/m1/s1. The molecule has 0 radical (unpaired) electrons. The Morgan fingerprint density at radius 2 is 1.78 bits per heavy atom. The van der Waals surface area contributed by atoms with Gasteiger partial charge in [-0.25, -0.2) is 14.4 Å². The van der Waals surface area contributed by atoms with Crippen molar-refractivity contribution in [1.29, 1.82) is 0 Å². The van der Waals surface area contributed by atoms with E-state index in [-0.39, 0.29) is 41.3 Å². The van der Waals surface area contributed by atoms with Crippen LogP contribution in [0.3, 0.4) is 0 Å². The van der Waals surface area contributed by atoms with Crippen molar-refractivity contribution in [2.75, 3.05) is 11.9 Å². The highest BCUT2D eigenvalue weighted by Crippen LogP contribution is 2.29. The highest BCUT2D eigenvalue weighted by atomic mass is 32.2. The lowest BCUT2D eigenvalue weighted by atomic mass is 10.0. The minimum Gasteiger partial charge on any atom is -0.326 e. The molecule has 0 unspecified atom stereocenters. The number of anilines is 1. The van der Waals surface area contributed by atoms with Crippen LogP contribution in [0.5, 0.6) is 0 Å². The van der Waals surface area contributed by atoms with Gasteiger partial charge in [-0.3, -0.25) is 23.6 Å². The summed E-state index contributed by atoms with van der Waals surface area (Å²) in [5.74, 6) is -0.855. The van der Waals surface area contributed by atoms with E-state index < -0.39 is 34.1 Å². The van der Waals surface area contributed by atoms with Gasteiger partial charge in [0.15, 0.2) is 5.78 Å². The summed E-state index contributed by atoms with van der Waals surface area (Å²) < 4.78 is 49.0. The van der Waals surface area contributed by atoms with Gasteiger partial charge in [-0.15, -0.1) is 0 Å². The number of hydrogen-bond acceptors (Lipinski definition) is 8. The van der Waals surface area contributed by atoms with Gasteiger partial charge in [0.1, 0.15) is 35.2 Å². The van der Waals surface area contributed by atoms with E-state index in [0.717, 1.165) is 16.0 Å². The number of benzene rings is 3. The number of likely N-dealkylation sites (tertiary alicyclic amines) is 1. The van der Waals surface area contributed by atoms with Crippen molar-refractivity contribution in [3.05, 3.63) is 78.5 Å². The second-order valence-corrected chi connectivity index (χ2v) is 12.3. The molecule has 5 aromatic rings. The van der Waals surface area contributed by atoms with Crippen LogP contribution in [0.25, 0.3) is 32.8 Å². The van der Waals surface area contributed by atoms with Crippen molar-refractivity contribution in [3.63, 3.8) is 0 Å². The Morgan fingerprint density at radius 3 is 2.49 bits per heavy atom. The topological polar surface area (TPSA) is 164 Å². The average molecular weight is 631 g/mol. The second kappa shape index (κ2) is 11.4. The summed E-state index contributed by atoms with van der Waals surface area (Å²) in [6, 6.07) is 12.9. The van der Waals surface area contributed by atoms with Crippen molar-refractivity contribution in [2.45, 2.75) is 43.9 Å². The minimum atomic E-state index is -4.46. The highest BCUT2D eigenvalue weighted by Gasteiger charge is 2.40. The molecule has 0 spiro atoms. The van der Waals surface area contributed by atoms with Gasteiger partial charge in [0.05, 0.1) is 12.1 Å². The molecule has 6 rings (SSSR count). The fourth-order valence-electron chi connectivity index (χ4n) is 5.59. The van der Waals surface area contributed by atoms with E-state index in [9.17, 15) is 31.7 Å². The summed E-state index contributed by atoms with van der Waals surface area (Å²) in [5, 5.41) is 8.31. The van der Waals surface area contributed by atoms with Gasteiger partial charge in [-0.05, 0) is 48.2 Å². The zero-order chi connectivity index (χ0) is 32.0. The molecule has 1 fully saturated rings. The Hall–Kier alpha value is -5.08. The molecule has 3 heterocycles. The van der Waals surface area contributed by atoms with Crippen molar-refractivity contribution in [1.82, 2.24) is 24.6 Å². The minimum absolute atomic E-state index is 0.167. The first-order valence-electron chi connectivity index (χ1n) is 13.9. The largest absolute Gasteiger partial charge is 0.326 e. The van der Waals surface area contributed by atoms with Gasteiger partial charge in [0, 0.05) is 47.8 Å². The average Bonchev–Trinajstić information content (AvgIpc) is 3.57. The van der Waals surface area contributed by atoms with Gasteiger partial charge < -0.3 is 10.2 Å². The summed E-state index contributed by atoms with van der Waals surface area (Å²) in [4.78, 5) is 48.6. The molecule has 1 saturated heterocycles. The maximum atomic E-state index is 14.6. The number of amides is 2. The van der Waals surface area contributed by atoms with Crippen LogP contribution >= 0.6 is 0 Å². The van der Waals surface area contributed by atoms with Crippen molar-refractivity contribution >= 4 is 55.1 Å². The van der Waals surface area contributed by atoms with Gasteiger partial charge in [0.2, 0.25) is 11.8 Å². The molecule has 1 aliphatic rings. The SMILES string of the molecule is CC(=O)c1nn(CC(=O)N2C[C@H](F)C[C@H]2C(=O)Nc2ccc3c(S(=O)(=O)O)cccc3c2)c2ccc(-c3cnc(C)nc3)cc12. The van der Waals surface area contributed by atoms with Crippen LogP contribution < -0.4 is 5.32 Å². The Bertz CT molecular complexity index is 2110. The molecule has 3 aromatic carbocycles. The monoisotopic (exact) mass is 630 g/mol. The molecule has 14 heteroatoms. The summed E-state index contributed by atoms with van der Waals surface area (Å²) in [6.07, 6.45) is 1.70. The number of carbonyl (C=O) groups excluding carboxylic acids is 3. The van der Waals surface area contributed by atoms with Crippen molar-refractivity contribution in [2.24, 2.45) is 0 Å². The first-order valence-corrected chi connectivity index (χ1v) is 15.4. The first kappa shape index (κ1) is 30.0. The maximum Gasteiger partial charge on any atom is 0.295 e. The molecule has 45 heavy (non-hydrogen) atoms. The van der Waals surface area contributed by atoms with Gasteiger partial charge >= 0.3 is 0 Å². The van der Waals surface area contributed by atoms with Gasteiger partial charge in [-0.1, -0.05) is 24.3 Å². The number of ketones is 1. The van der Waals surface area contributed by atoms with E-state index in [2.05, 4.69) is 20.4 Å². The van der Waals surface area contributed by atoms with Gasteiger partial charge in [-0.2, -0.15) is 13.5 Å². The van der Waals surface area contributed by atoms with E-state index >= 15 is 0 Å². The lowest BCUT2D eigenvalue weighted by molar-refractivity contribution is -0.137. The zero-order valence-electron chi connectivity index (χ0n) is 24.1. The number of nitrogens with one attached hydrogen (secondary N) is 1. The normalized spacial score (nSPS) is 16.8. The van der Waals surface area contributed by atoms with Crippen LogP contribution in [-0.2, 0) is 26.3 Å². The predicted octanol–water partition coefficient (Wildman–Crippen LogP) is 3.98. The number of aromatic nitrogens is 4. The molecular weight excluding hydrogens is 603 g/mol. The van der Waals surface area contributed by atoms with Crippen molar-refractivity contribution in [3.8, 4) is 11.1 Å². The number of hydrogen-bond donors (Lipinski definition) is 2. The number of rotatable bonds is 7.